The maximum absolute atomic E-state index is 11.6. The van der Waals surface area contributed by atoms with Crippen LogP contribution in [0.4, 0.5) is 0 Å². The van der Waals surface area contributed by atoms with Gasteiger partial charge in [-0.15, -0.1) is 0 Å². The van der Waals surface area contributed by atoms with Gasteiger partial charge < -0.3 is 5.11 Å². The van der Waals surface area contributed by atoms with Crippen molar-refractivity contribution in [3.63, 3.8) is 0 Å². The van der Waals surface area contributed by atoms with Gasteiger partial charge in [-0.05, 0) is 31.7 Å². The first kappa shape index (κ1) is 10.2. The molecular formula is C13H16O2. The smallest absolute Gasteiger partial charge is 0.137 e. The molecule has 1 aliphatic rings. The van der Waals surface area contributed by atoms with E-state index in [1.165, 1.54) is 6.42 Å². The molecule has 1 fully saturated rings. The van der Waals surface area contributed by atoms with Gasteiger partial charge >= 0.3 is 0 Å². The molecule has 2 heteroatoms. The van der Waals surface area contributed by atoms with E-state index in [9.17, 15) is 9.90 Å². The zero-order chi connectivity index (χ0) is 10.8. The number of rotatable bonds is 3. The van der Waals surface area contributed by atoms with Gasteiger partial charge in [-0.2, -0.15) is 0 Å². The van der Waals surface area contributed by atoms with Gasteiger partial charge in [-0.1, -0.05) is 24.6 Å². The number of benzene rings is 1. The zero-order valence-corrected chi connectivity index (χ0v) is 8.94. The number of phenols is 1. The second-order valence-corrected chi connectivity index (χ2v) is 4.34. The van der Waals surface area contributed by atoms with Crippen LogP contribution in [0.15, 0.2) is 24.3 Å². The van der Waals surface area contributed by atoms with Crippen molar-refractivity contribution in [3.05, 3.63) is 29.8 Å². The SMILES string of the molecule is CC(=O)C(c1ccccc1O)C1CCC1. The van der Waals surface area contributed by atoms with Gasteiger partial charge in [0.2, 0.25) is 0 Å². The van der Waals surface area contributed by atoms with Crippen molar-refractivity contribution in [3.8, 4) is 5.75 Å². The van der Waals surface area contributed by atoms with Crippen molar-refractivity contribution >= 4 is 5.78 Å². The molecule has 1 atom stereocenters. The summed E-state index contributed by atoms with van der Waals surface area (Å²) in [5.74, 6) is 0.765. The predicted octanol–water partition coefficient (Wildman–Crippen LogP) is 2.86. The minimum Gasteiger partial charge on any atom is -0.508 e. The number of ketones is 1. The van der Waals surface area contributed by atoms with E-state index >= 15 is 0 Å². The summed E-state index contributed by atoms with van der Waals surface area (Å²) in [6.07, 6.45) is 3.43. The van der Waals surface area contributed by atoms with Crippen molar-refractivity contribution in [1.29, 1.82) is 0 Å². The minimum atomic E-state index is -0.0973. The van der Waals surface area contributed by atoms with E-state index in [2.05, 4.69) is 0 Å². The third-order valence-electron chi connectivity index (χ3n) is 3.33. The van der Waals surface area contributed by atoms with E-state index < -0.39 is 0 Å². The second-order valence-electron chi connectivity index (χ2n) is 4.34. The third kappa shape index (κ3) is 1.89. The molecule has 1 aromatic rings. The fourth-order valence-electron chi connectivity index (χ4n) is 2.33. The molecule has 0 aromatic heterocycles. The molecule has 1 saturated carbocycles. The minimum absolute atomic E-state index is 0.0973. The normalized spacial score (nSPS) is 18.2. The Kier molecular flexibility index (Phi) is 2.76. The Bertz CT molecular complexity index is 367. The topological polar surface area (TPSA) is 37.3 Å². The highest BCUT2D eigenvalue weighted by molar-refractivity contribution is 5.84. The molecular weight excluding hydrogens is 188 g/mol. The molecule has 0 radical (unpaired) electrons. The van der Waals surface area contributed by atoms with Crippen molar-refractivity contribution < 1.29 is 9.90 Å². The standard InChI is InChI=1S/C13H16O2/c1-9(14)13(10-5-4-6-10)11-7-2-3-8-12(11)15/h2-3,7-8,10,13,15H,4-6H2,1H3. The molecule has 0 saturated heterocycles. The number of hydrogen-bond acceptors (Lipinski definition) is 2. The first-order valence-electron chi connectivity index (χ1n) is 5.48. The van der Waals surface area contributed by atoms with Crippen LogP contribution in [0.1, 0.15) is 37.7 Å². The lowest BCUT2D eigenvalue weighted by molar-refractivity contribution is -0.120. The summed E-state index contributed by atoms with van der Waals surface area (Å²) < 4.78 is 0. The van der Waals surface area contributed by atoms with Gasteiger partial charge in [0.1, 0.15) is 11.5 Å². The largest absolute Gasteiger partial charge is 0.508 e. The highest BCUT2D eigenvalue weighted by atomic mass is 16.3. The Balaban J connectivity index is 2.32. The van der Waals surface area contributed by atoms with Crippen LogP contribution in [0.5, 0.6) is 5.75 Å². The van der Waals surface area contributed by atoms with Crippen LogP contribution in [0.25, 0.3) is 0 Å². The fourth-order valence-corrected chi connectivity index (χ4v) is 2.33. The first-order chi connectivity index (χ1) is 7.20. The number of phenolic OH excluding ortho intramolecular Hbond substituents is 1. The molecule has 1 aromatic carbocycles. The molecule has 15 heavy (non-hydrogen) atoms. The van der Waals surface area contributed by atoms with E-state index in [0.29, 0.717) is 5.92 Å². The van der Waals surface area contributed by atoms with Crippen LogP contribution < -0.4 is 0 Å². The molecule has 80 valence electrons. The summed E-state index contributed by atoms with van der Waals surface area (Å²) in [7, 11) is 0. The number of para-hydroxylation sites is 1. The van der Waals surface area contributed by atoms with E-state index in [4.69, 9.17) is 0 Å². The molecule has 0 aliphatic heterocycles. The van der Waals surface area contributed by atoms with Crippen LogP contribution in [-0.2, 0) is 4.79 Å². The molecule has 1 unspecified atom stereocenters. The van der Waals surface area contributed by atoms with Crippen molar-refractivity contribution in [2.45, 2.75) is 32.1 Å². The van der Waals surface area contributed by atoms with Gasteiger partial charge in [0.25, 0.3) is 0 Å². The summed E-state index contributed by atoms with van der Waals surface area (Å²) in [6.45, 7) is 1.62. The van der Waals surface area contributed by atoms with Crippen LogP contribution in [0.3, 0.4) is 0 Å². The lowest BCUT2D eigenvalue weighted by atomic mass is 9.71. The highest BCUT2D eigenvalue weighted by Crippen LogP contribution is 2.42. The maximum Gasteiger partial charge on any atom is 0.137 e. The molecule has 0 bridgehead atoms. The Labute approximate surface area is 89.9 Å². The van der Waals surface area contributed by atoms with E-state index in [-0.39, 0.29) is 17.5 Å². The monoisotopic (exact) mass is 204 g/mol. The summed E-state index contributed by atoms with van der Waals surface area (Å²) in [6, 6.07) is 7.18. The van der Waals surface area contributed by atoms with Crippen LogP contribution in [0.2, 0.25) is 0 Å². The van der Waals surface area contributed by atoms with Gasteiger partial charge in [-0.25, -0.2) is 0 Å². The molecule has 0 amide bonds. The Morgan fingerprint density at radius 2 is 2.07 bits per heavy atom. The second kappa shape index (κ2) is 4.05. The predicted molar refractivity (Wildman–Crippen MR) is 58.9 cm³/mol. The van der Waals surface area contributed by atoms with E-state index in [1.807, 2.05) is 12.1 Å². The molecule has 1 aliphatic carbocycles. The molecule has 2 rings (SSSR count). The van der Waals surface area contributed by atoms with Gasteiger partial charge in [0.05, 0.1) is 0 Å². The molecule has 0 spiro atoms. The number of hydrogen-bond donors (Lipinski definition) is 1. The lowest BCUT2D eigenvalue weighted by Crippen LogP contribution is -2.25. The average Bonchev–Trinajstić information content (AvgIpc) is 2.12. The van der Waals surface area contributed by atoms with Gasteiger partial charge in [-0.3, -0.25) is 4.79 Å². The number of carbonyl (C=O) groups is 1. The van der Waals surface area contributed by atoms with Gasteiger partial charge in [0, 0.05) is 11.5 Å². The summed E-state index contributed by atoms with van der Waals surface area (Å²) in [5.41, 5.74) is 0.801. The third-order valence-corrected chi connectivity index (χ3v) is 3.33. The van der Waals surface area contributed by atoms with Crippen molar-refractivity contribution in [2.75, 3.05) is 0 Å². The number of aromatic hydroxyl groups is 1. The zero-order valence-electron chi connectivity index (χ0n) is 8.94. The summed E-state index contributed by atoms with van der Waals surface area (Å²) in [4.78, 5) is 11.6. The van der Waals surface area contributed by atoms with Crippen LogP contribution in [-0.4, -0.2) is 10.9 Å². The molecule has 2 nitrogen and oxygen atoms in total. The lowest BCUT2D eigenvalue weighted by Gasteiger charge is -2.32. The number of carbonyl (C=O) groups excluding carboxylic acids is 1. The van der Waals surface area contributed by atoms with Crippen molar-refractivity contribution in [1.82, 2.24) is 0 Å². The summed E-state index contributed by atoms with van der Waals surface area (Å²) in [5, 5.41) is 9.75. The average molecular weight is 204 g/mol. The Morgan fingerprint density at radius 3 is 2.53 bits per heavy atom. The van der Waals surface area contributed by atoms with Crippen molar-refractivity contribution in [2.24, 2.45) is 5.92 Å². The quantitative estimate of drug-likeness (QED) is 0.822. The highest BCUT2D eigenvalue weighted by Gasteiger charge is 2.32. The number of Topliss-reactive ketones (excluding diaryl/α,β-unsaturated/α-hetero) is 1. The van der Waals surface area contributed by atoms with E-state index in [1.54, 1.807) is 19.1 Å². The summed E-state index contributed by atoms with van der Waals surface area (Å²) >= 11 is 0. The maximum atomic E-state index is 11.6. The van der Waals surface area contributed by atoms with Gasteiger partial charge in [0.15, 0.2) is 0 Å². The van der Waals surface area contributed by atoms with Crippen LogP contribution in [0, 0.1) is 5.92 Å². The van der Waals surface area contributed by atoms with Crippen LogP contribution >= 0.6 is 0 Å². The Morgan fingerprint density at radius 1 is 1.40 bits per heavy atom. The fraction of sp³-hybridized carbons (Fsp3) is 0.462. The molecule has 0 heterocycles. The Hall–Kier alpha value is -1.31. The van der Waals surface area contributed by atoms with E-state index in [0.717, 1.165) is 18.4 Å². The first-order valence-corrected chi connectivity index (χ1v) is 5.48. The molecule has 1 N–H and O–H groups in total.